The van der Waals surface area contributed by atoms with E-state index in [1.54, 1.807) is 34.0 Å². The van der Waals surface area contributed by atoms with Gasteiger partial charge in [0.15, 0.2) is 0 Å². The molecule has 3 aromatic rings. The highest BCUT2D eigenvalue weighted by Crippen LogP contribution is 2.43. The molecule has 0 fully saturated rings. The Bertz CT molecular complexity index is 593. The van der Waals surface area contributed by atoms with Crippen LogP contribution in [-0.4, -0.2) is 0 Å². The van der Waals surface area contributed by atoms with Crippen molar-refractivity contribution in [2.24, 2.45) is 0 Å². The summed E-state index contributed by atoms with van der Waals surface area (Å²) in [5.74, 6) is 0. The fourth-order valence-electron chi connectivity index (χ4n) is 1.59. The molecule has 0 radical (unpaired) electrons. The molecule has 0 aliphatic carbocycles. The Labute approximate surface area is 128 Å². The van der Waals surface area contributed by atoms with Gasteiger partial charge in [-0.05, 0) is 67.6 Å². The topological polar surface area (TPSA) is 0 Å². The van der Waals surface area contributed by atoms with E-state index in [4.69, 9.17) is 0 Å². The molecule has 0 amide bonds. The Balaban J connectivity index is 2.11. The van der Waals surface area contributed by atoms with E-state index < -0.39 is 0 Å². The van der Waals surface area contributed by atoms with Crippen LogP contribution in [0.2, 0.25) is 0 Å². The first kappa shape index (κ1) is 12.1. The van der Waals surface area contributed by atoms with Gasteiger partial charge in [0, 0.05) is 15.3 Å². The summed E-state index contributed by atoms with van der Waals surface area (Å²) >= 11 is 12.4. The molecule has 0 N–H and O–H groups in total. The van der Waals surface area contributed by atoms with Crippen molar-refractivity contribution in [2.45, 2.75) is 0 Å². The molecule has 0 aromatic carbocycles. The zero-order valence-electron chi connectivity index (χ0n) is 8.44. The highest BCUT2D eigenvalue weighted by atomic mass is 79.9. The van der Waals surface area contributed by atoms with Crippen LogP contribution in [0.1, 0.15) is 0 Å². The van der Waals surface area contributed by atoms with Crippen LogP contribution in [0.15, 0.2) is 43.3 Å². The first-order valence-electron chi connectivity index (χ1n) is 4.83. The summed E-state index contributed by atoms with van der Waals surface area (Å²) in [5.41, 5.74) is 1.33. The Morgan fingerprint density at radius 3 is 2.00 bits per heavy atom. The van der Waals surface area contributed by atoms with Crippen molar-refractivity contribution >= 4 is 65.9 Å². The summed E-state index contributed by atoms with van der Waals surface area (Å²) in [6, 6.07) is 10.8. The SMILES string of the molecule is Brc1ccc(-c2ccsc2-c2ccc(Br)s2)s1. The predicted octanol–water partition coefficient (Wildman–Crippen LogP) is 6.73. The van der Waals surface area contributed by atoms with E-state index in [1.807, 2.05) is 0 Å². The van der Waals surface area contributed by atoms with Crippen molar-refractivity contribution in [1.29, 1.82) is 0 Å². The molecule has 0 atom stereocenters. The fraction of sp³-hybridized carbons (Fsp3) is 0. The summed E-state index contributed by atoms with van der Waals surface area (Å²) in [4.78, 5) is 4.00. The summed E-state index contributed by atoms with van der Waals surface area (Å²) in [5, 5.41) is 2.16. The predicted molar refractivity (Wildman–Crippen MR) is 86.3 cm³/mol. The minimum atomic E-state index is 1.18. The highest BCUT2D eigenvalue weighted by molar-refractivity contribution is 9.11. The lowest BCUT2D eigenvalue weighted by atomic mass is 10.2. The Morgan fingerprint density at radius 2 is 1.41 bits per heavy atom. The van der Waals surface area contributed by atoms with Gasteiger partial charge in [0.2, 0.25) is 0 Å². The van der Waals surface area contributed by atoms with Crippen molar-refractivity contribution < 1.29 is 0 Å². The first-order valence-corrected chi connectivity index (χ1v) is 8.93. The third-order valence-electron chi connectivity index (χ3n) is 2.30. The van der Waals surface area contributed by atoms with E-state index in [0.717, 1.165) is 0 Å². The molecule has 0 bridgehead atoms. The molecule has 0 aliphatic heterocycles. The number of hydrogen-bond acceptors (Lipinski definition) is 3. The minimum absolute atomic E-state index is 1.18. The average molecular weight is 406 g/mol. The van der Waals surface area contributed by atoms with E-state index in [0.29, 0.717) is 0 Å². The zero-order chi connectivity index (χ0) is 11.8. The Morgan fingerprint density at radius 1 is 0.765 bits per heavy atom. The summed E-state index contributed by atoms with van der Waals surface area (Å²) in [6.45, 7) is 0. The second-order valence-electron chi connectivity index (χ2n) is 3.37. The molecule has 0 unspecified atom stereocenters. The standard InChI is InChI=1S/C12H6Br2S3/c13-10-3-1-8(16-10)7-5-6-15-12(7)9-2-4-11(14)17-9/h1-6H. The molecule has 0 saturated carbocycles. The van der Waals surface area contributed by atoms with Gasteiger partial charge in [-0.2, -0.15) is 0 Å². The molecule has 0 aliphatic rings. The molecule has 0 nitrogen and oxygen atoms in total. The molecule has 3 aromatic heterocycles. The quantitative estimate of drug-likeness (QED) is 0.443. The molecular weight excluding hydrogens is 400 g/mol. The number of hydrogen-bond donors (Lipinski definition) is 0. The molecule has 3 rings (SSSR count). The van der Waals surface area contributed by atoms with Gasteiger partial charge in [-0.1, -0.05) is 0 Å². The lowest BCUT2D eigenvalue weighted by Crippen LogP contribution is -1.69. The molecule has 3 heterocycles. The Kier molecular flexibility index (Phi) is 3.54. The average Bonchev–Trinajstić information content (AvgIpc) is 2.96. The van der Waals surface area contributed by atoms with Crippen LogP contribution in [0.4, 0.5) is 0 Å². The van der Waals surface area contributed by atoms with Gasteiger partial charge in [0.05, 0.1) is 12.4 Å². The van der Waals surface area contributed by atoms with Crippen LogP contribution in [0.25, 0.3) is 20.2 Å². The highest BCUT2D eigenvalue weighted by Gasteiger charge is 2.12. The van der Waals surface area contributed by atoms with E-state index in [1.165, 1.54) is 27.8 Å². The van der Waals surface area contributed by atoms with Gasteiger partial charge in [0.25, 0.3) is 0 Å². The van der Waals surface area contributed by atoms with Crippen LogP contribution in [0.3, 0.4) is 0 Å². The van der Waals surface area contributed by atoms with Crippen LogP contribution >= 0.6 is 65.9 Å². The monoisotopic (exact) mass is 404 g/mol. The smallest absolute Gasteiger partial charge is 0.0705 e. The van der Waals surface area contributed by atoms with Gasteiger partial charge in [-0.25, -0.2) is 0 Å². The molecule has 17 heavy (non-hydrogen) atoms. The summed E-state index contributed by atoms with van der Waals surface area (Å²) in [6.07, 6.45) is 0. The summed E-state index contributed by atoms with van der Waals surface area (Å²) < 4.78 is 2.36. The lowest BCUT2D eigenvalue weighted by Gasteiger charge is -1.98. The van der Waals surface area contributed by atoms with Gasteiger partial charge in [-0.15, -0.1) is 34.0 Å². The van der Waals surface area contributed by atoms with Crippen molar-refractivity contribution in [2.75, 3.05) is 0 Å². The molecule has 86 valence electrons. The first-order chi connectivity index (χ1) is 8.24. The van der Waals surface area contributed by atoms with E-state index in [9.17, 15) is 0 Å². The van der Waals surface area contributed by atoms with Crippen molar-refractivity contribution in [3.63, 3.8) is 0 Å². The van der Waals surface area contributed by atoms with Crippen molar-refractivity contribution in [3.8, 4) is 20.2 Å². The maximum Gasteiger partial charge on any atom is 0.0705 e. The number of thiophene rings is 3. The number of halogens is 2. The van der Waals surface area contributed by atoms with Crippen molar-refractivity contribution in [1.82, 2.24) is 0 Å². The third kappa shape index (κ3) is 2.44. The van der Waals surface area contributed by atoms with Gasteiger partial charge in [0.1, 0.15) is 0 Å². The Hall–Kier alpha value is 0.0600. The zero-order valence-corrected chi connectivity index (χ0v) is 14.1. The molecule has 0 saturated heterocycles. The van der Waals surface area contributed by atoms with Gasteiger partial charge < -0.3 is 0 Å². The van der Waals surface area contributed by atoms with E-state index in [-0.39, 0.29) is 0 Å². The van der Waals surface area contributed by atoms with Crippen molar-refractivity contribution in [3.05, 3.63) is 43.3 Å². The fourth-order valence-corrected chi connectivity index (χ4v) is 5.51. The largest absolute Gasteiger partial charge is 0.142 e. The van der Waals surface area contributed by atoms with Gasteiger partial charge >= 0.3 is 0 Å². The van der Waals surface area contributed by atoms with Gasteiger partial charge in [-0.3, -0.25) is 0 Å². The number of rotatable bonds is 2. The van der Waals surface area contributed by atoms with Crippen LogP contribution in [0.5, 0.6) is 0 Å². The third-order valence-corrected chi connectivity index (χ3v) is 6.68. The maximum atomic E-state index is 3.52. The molecule has 5 heteroatoms. The van der Waals surface area contributed by atoms with E-state index >= 15 is 0 Å². The lowest BCUT2D eigenvalue weighted by molar-refractivity contribution is 1.85. The van der Waals surface area contributed by atoms with Crippen LogP contribution < -0.4 is 0 Å². The molecular formula is C12H6Br2S3. The maximum absolute atomic E-state index is 3.52. The molecule has 0 spiro atoms. The van der Waals surface area contributed by atoms with Crippen LogP contribution in [0, 0.1) is 0 Å². The summed E-state index contributed by atoms with van der Waals surface area (Å²) in [7, 11) is 0. The normalized spacial score (nSPS) is 10.9. The second kappa shape index (κ2) is 4.97. The van der Waals surface area contributed by atoms with E-state index in [2.05, 4.69) is 67.6 Å². The van der Waals surface area contributed by atoms with Crippen LogP contribution in [-0.2, 0) is 0 Å². The minimum Gasteiger partial charge on any atom is -0.142 e. The second-order valence-corrected chi connectivity index (χ2v) is 9.21.